The first-order chi connectivity index (χ1) is 8.93. The molecule has 1 fully saturated rings. The predicted molar refractivity (Wildman–Crippen MR) is 61.0 cm³/mol. The van der Waals surface area contributed by atoms with E-state index in [4.69, 9.17) is 0 Å². The minimum absolute atomic E-state index is 0.00181. The molecule has 1 heterocycles. The van der Waals surface area contributed by atoms with Crippen LogP contribution in [0.25, 0.3) is 0 Å². The molecule has 0 bridgehead atoms. The maximum Gasteiger partial charge on any atom is 0.419 e. The third kappa shape index (κ3) is 2.88. The molecule has 0 N–H and O–H groups in total. The van der Waals surface area contributed by atoms with Gasteiger partial charge in [0.1, 0.15) is 5.82 Å². The van der Waals surface area contributed by atoms with Gasteiger partial charge in [0.25, 0.3) is 0 Å². The van der Waals surface area contributed by atoms with Crippen LogP contribution >= 0.6 is 0 Å². The van der Waals surface area contributed by atoms with Gasteiger partial charge in [0.05, 0.1) is 5.56 Å². The van der Waals surface area contributed by atoms with Crippen molar-refractivity contribution < 1.29 is 22.4 Å². The second kappa shape index (κ2) is 5.19. The smallest absolute Gasteiger partial charge is 0.345 e. The van der Waals surface area contributed by atoms with Crippen LogP contribution in [0.2, 0.25) is 0 Å². The fourth-order valence-corrected chi connectivity index (χ4v) is 2.50. The first-order valence-corrected chi connectivity index (χ1v) is 5.98. The van der Waals surface area contributed by atoms with Crippen molar-refractivity contribution in [2.24, 2.45) is 0 Å². The molecule has 6 heteroatoms. The average Bonchev–Trinajstić information content (AvgIpc) is 2.37. The molecule has 0 atom stereocenters. The van der Waals surface area contributed by atoms with Gasteiger partial charge in [0.15, 0.2) is 0 Å². The number of alkyl halides is 3. The van der Waals surface area contributed by atoms with E-state index in [-0.39, 0.29) is 11.5 Å². The van der Waals surface area contributed by atoms with Gasteiger partial charge in [-0.3, -0.25) is 4.79 Å². The molecule has 0 unspecified atom stereocenters. The Labute approximate surface area is 108 Å². The van der Waals surface area contributed by atoms with E-state index in [1.165, 1.54) is 17.0 Å². The Bertz CT molecular complexity index is 464. The molecule has 2 nitrogen and oxygen atoms in total. The minimum atomic E-state index is -4.69. The fraction of sp³-hybridized carbons (Fsp3) is 0.462. The molecule has 104 valence electrons. The van der Waals surface area contributed by atoms with Gasteiger partial charge in [0, 0.05) is 13.1 Å². The summed E-state index contributed by atoms with van der Waals surface area (Å²) in [7, 11) is 0. The summed E-state index contributed by atoms with van der Waals surface area (Å²) in [6.07, 6.45) is -3.16. The molecule has 1 aromatic carbocycles. The number of hydrogen-bond donors (Lipinski definition) is 0. The Kier molecular flexibility index (Phi) is 3.78. The summed E-state index contributed by atoms with van der Waals surface area (Å²) in [5.74, 6) is -1.59. The molecule has 0 spiro atoms. The van der Waals surface area contributed by atoms with E-state index >= 15 is 0 Å². The quantitative estimate of drug-likeness (QED) is 0.599. The van der Waals surface area contributed by atoms with E-state index in [0.29, 0.717) is 32.3 Å². The van der Waals surface area contributed by atoms with Crippen LogP contribution in [0.4, 0.5) is 17.6 Å². The van der Waals surface area contributed by atoms with Crippen LogP contribution in [0, 0.1) is 5.82 Å². The minimum Gasteiger partial charge on any atom is -0.345 e. The van der Waals surface area contributed by atoms with Crippen molar-refractivity contribution in [2.45, 2.75) is 24.9 Å². The van der Waals surface area contributed by atoms with Crippen LogP contribution in [0.15, 0.2) is 18.2 Å². The lowest BCUT2D eigenvalue weighted by molar-refractivity contribution is -0.141. The molecule has 0 saturated carbocycles. The molecule has 0 aromatic heterocycles. The number of piperidine rings is 1. The molecule has 1 aromatic rings. The molecular formula is C13H13F4NO. The lowest BCUT2D eigenvalue weighted by Gasteiger charge is -2.30. The lowest BCUT2D eigenvalue weighted by atomic mass is 9.86. The zero-order valence-corrected chi connectivity index (χ0v) is 10.1. The number of carbonyl (C=O) groups is 1. The van der Waals surface area contributed by atoms with Crippen LogP contribution in [0.3, 0.4) is 0 Å². The summed E-state index contributed by atoms with van der Waals surface area (Å²) in [5, 5.41) is 0. The second-order valence-corrected chi connectivity index (χ2v) is 4.62. The summed E-state index contributed by atoms with van der Waals surface area (Å²) in [6, 6.07) is 3.45. The van der Waals surface area contributed by atoms with Gasteiger partial charge in [-0.1, -0.05) is 12.1 Å². The summed E-state index contributed by atoms with van der Waals surface area (Å²) in [4.78, 5) is 12.1. The highest BCUT2D eigenvalue weighted by Crippen LogP contribution is 2.39. The monoisotopic (exact) mass is 275 g/mol. The summed E-state index contributed by atoms with van der Waals surface area (Å²) < 4.78 is 52.2. The molecule has 0 aliphatic carbocycles. The number of likely N-dealkylation sites (tertiary alicyclic amines) is 1. The molecule has 1 aliphatic heterocycles. The van der Waals surface area contributed by atoms with E-state index in [0.717, 1.165) is 6.07 Å². The predicted octanol–water partition coefficient (Wildman–Crippen LogP) is 3.18. The standard InChI is InChI=1S/C13H13F4NO/c14-11-3-1-2-10(12(11)13(15,16)17)9-4-6-18(8-19)7-5-9/h1-3,8-9H,4-7H2. The Morgan fingerprint density at radius 2 is 1.84 bits per heavy atom. The average molecular weight is 275 g/mol. The molecular weight excluding hydrogens is 262 g/mol. The van der Waals surface area contributed by atoms with Crippen molar-refractivity contribution in [3.05, 3.63) is 35.1 Å². The molecule has 19 heavy (non-hydrogen) atoms. The van der Waals surface area contributed by atoms with Gasteiger partial charge in [-0.25, -0.2) is 4.39 Å². The Hall–Kier alpha value is -1.59. The van der Waals surface area contributed by atoms with E-state index in [9.17, 15) is 22.4 Å². The van der Waals surface area contributed by atoms with E-state index in [1.807, 2.05) is 0 Å². The summed E-state index contributed by atoms with van der Waals surface area (Å²) in [6.45, 7) is 0.809. The van der Waals surface area contributed by atoms with Crippen molar-refractivity contribution >= 4 is 6.41 Å². The first kappa shape index (κ1) is 13.8. The molecule has 1 saturated heterocycles. The SMILES string of the molecule is O=CN1CCC(c2cccc(F)c2C(F)(F)F)CC1. The topological polar surface area (TPSA) is 20.3 Å². The van der Waals surface area contributed by atoms with Crippen LogP contribution in [0.5, 0.6) is 0 Å². The number of rotatable bonds is 2. The van der Waals surface area contributed by atoms with Crippen molar-refractivity contribution in [1.29, 1.82) is 0 Å². The van der Waals surface area contributed by atoms with Crippen LogP contribution in [-0.4, -0.2) is 24.4 Å². The van der Waals surface area contributed by atoms with Gasteiger partial charge >= 0.3 is 6.18 Å². The van der Waals surface area contributed by atoms with Gasteiger partial charge in [-0.05, 0) is 30.4 Å². The maximum atomic E-state index is 13.5. The zero-order valence-electron chi connectivity index (χ0n) is 10.1. The fourth-order valence-electron chi connectivity index (χ4n) is 2.50. The molecule has 1 aliphatic rings. The number of hydrogen-bond acceptors (Lipinski definition) is 1. The summed E-state index contributed by atoms with van der Waals surface area (Å²) >= 11 is 0. The number of amides is 1. The van der Waals surface area contributed by atoms with E-state index < -0.39 is 17.6 Å². The van der Waals surface area contributed by atoms with Crippen molar-refractivity contribution in [2.75, 3.05) is 13.1 Å². The van der Waals surface area contributed by atoms with Crippen LogP contribution in [-0.2, 0) is 11.0 Å². The zero-order chi connectivity index (χ0) is 14.0. The van der Waals surface area contributed by atoms with Crippen molar-refractivity contribution in [3.63, 3.8) is 0 Å². The number of halogens is 4. The Morgan fingerprint density at radius 3 is 2.37 bits per heavy atom. The van der Waals surface area contributed by atoms with Crippen LogP contribution in [0.1, 0.15) is 29.9 Å². The van der Waals surface area contributed by atoms with Gasteiger partial charge < -0.3 is 4.90 Å². The van der Waals surface area contributed by atoms with E-state index in [2.05, 4.69) is 0 Å². The highest BCUT2D eigenvalue weighted by Gasteiger charge is 2.38. The van der Waals surface area contributed by atoms with Gasteiger partial charge in [-0.2, -0.15) is 13.2 Å². The lowest BCUT2D eigenvalue weighted by Crippen LogP contribution is -2.32. The third-order valence-electron chi connectivity index (χ3n) is 3.45. The molecule has 2 rings (SSSR count). The van der Waals surface area contributed by atoms with Crippen molar-refractivity contribution in [1.82, 2.24) is 4.90 Å². The normalized spacial score (nSPS) is 17.6. The second-order valence-electron chi connectivity index (χ2n) is 4.62. The highest BCUT2D eigenvalue weighted by molar-refractivity contribution is 5.47. The van der Waals surface area contributed by atoms with E-state index in [1.54, 1.807) is 0 Å². The number of nitrogens with zero attached hydrogens (tertiary/aromatic N) is 1. The Balaban J connectivity index is 2.31. The van der Waals surface area contributed by atoms with Crippen LogP contribution < -0.4 is 0 Å². The largest absolute Gasteiger partial charge is 0.419 e. The first-order valence-electron chi connectivity index (χ1n) is 5.98. The van der Waals surface area contributed by atoms with Gasteiger partial charge in [-0.15, -0.1) is 0 Å². The highest BCUT2D eigenvalue weighted by atomic mass is 19.4. The molecule has 1 amide bonds. The van der Waals surface area contributed by atoms with Crippen molar-refractivity contribution in [3.8, 4) is 0 Å². The number of carbonyl (C=O) groups excluding carboxylic acids is 1. The number of benzene rings is 1. The summed E-state index contributed by atoms with van der Waals surface area (Å²) in [5.41, 5.74) is -1.17. The Morgan fingerprint density at radius 1 is 1.21 bits per heavy atom. The maximum absolute atomic E-state index is 13.5. The molecule has 0 radical (unpaired) electrons. The van der Waals surface area contributed by atoms with Gasteiger partial charge in [0.2, 0.25) is 6.41 Å². The third-order valence-corrected chi connectivity index (χ3v) is 3.45.